The number of piperidine rings is 1. The van der Waals surface area contributed by atoms with Gasteiger partial charge in [0.15, 0.2) is 6.73 Å². The Hall–Kier alpha value is -3.11. The summed E-state index contributed by atoms with van der Waals surface area (Å²) in [6.45, 7) is 2.24. The van der Waals surface area contributed by atoms with Gasteiger partial charge in [0, 0.05) is 25.3 Å². The molecule has 10 heteroatoms. The zero-order valence-corrected chi connectivity index (χ0v) is 22.6. The molecule has 2 heterocycles. The van der Waals surface area contributed by atoms with Crippen LogP contribution in [0.15, 0.2) is 42.5 Å². The zero-order valence-electron chi connectivity index (χ0n) is 22.6. The Balaban J connectivity index is 1.26. The molecule has 0 radical (unpaired) electrons. The number of carbonyl (C=O) groups is 2. The summed E-state index contributed by atoms with van der Waals surface area (Å²) in [6, 6.07) is 10.8. The molecular weight excluding hydrogens is 525 g/mol. The Morgan fingerprint density at radius 1 is 1.12 bits per heavy atom. The van der Waals surface area contributed by atoms with Crippen LogP contribution in [0.5, 0.6) is 5.75 Å². The first-order valence-electron chi connectivity index (χ1n) is 13.8. The number of benzene rings is 2. The predicted molar refractivity (Wildman–Crippen MR) is 141 cm³/mol. The Morgan fingerprint density at radius 2 is 1.90 bits per heavy atom. The normalized spacial score (nSPS) is 24.0. The number of carboxylic acid groups (broad SMARTS) is 1. The molecule has 3 aliphatic rings. The quantitative estimate of drug-likeness (QED) is 0.479. The highest BCUT2D eigenvalue weighted by Crippen LogP contribution is 2.47. The number of aromatic carboxylic acids is 1. The van der Waals surface area contributed by atoms with Crippen LogP contribution < -0.4 is 4.74 Å². The standard InChI is InChI=1S/C30H35F3N2O5/c1-39-14-11-29(28(38)35-18-23-16-24(30(31,32)33)5-6-26(23)40-19-35)10-7-25(17-29)34-12-8-20(9-13-34)21-3-2-4-22(15-21)27(36)37/h2-6,15-16,20,25H,7-14,17-19H2,1H3,(H,36,37)/t25-,29-/m1/s1. The fraction of sp³-hybridized carbons (Fsp3) is 0.533. The second-order valence-electron chi connectivity index (χ2n) is 11.3. The lowest BCUT2D eigenvalue weighted by Gasteiger charge is -2.39. The van der Waals surface area contributed by atoms with E-state index in [4.69, 9.17) is 9.47 Å². The number of carbonyl (C=O) groups excluding carboxylic acids is 1. The van der Waals surface area contributed by atoms with Gasteiger partial charge in [0.25, 0.3) is 0 Å². The van der Waals surface area contributed by atoms with E-state index in [0.29, 0.717) is 48.7 Å². The molecule has 7 nitrogen and oxygen atoms in total. The topological polar surface area (TPSA) is 79.3 Å². The van der Waals surface area contributed by atoms with Crippen LogP contribution in [-0.2, 0) is 22.3 Å². The van der Waals surface area contributed by atoms with Crippen LogP contribution in [0.2, 0.25) is 0 Å². The SMILES string of the molecule is COCC[C@]1(C(=O)N2COc3ccc(C(F)(F)F)cc3C2)CC[C@@H](N2CCC(c3cccc(C(=O)O)c3)CC2)C1. The minimum Gasteiger partial charge on any atom is -0.478 e. The predicted octanol–water partition coefficient (Wildman–Crippen LogP) is 5.54. The van der Waals surface area contributed by atoms with E-state index in [1.807, 2.05) is 6.07 Å². The van der Waals surface area contributed by atoms with Gasteiger partial charge in [0.05, 0.1) is 23.1 Å². The van der Waals surface area contributed by atoms with Crippen molar-refractivity contribution in [3.63, 3.8) is 0 Å². The van der Waals surface area contributed by atoms with Crippen molar-refractivity contribution in [1.82, 2.24) is 9.80 Å². The number of hydrogen-bond donors (Lipinski definition) is 1. The summed E-state index contributed by atoms with van der Waals surface area (Å²) >= 11 is 0. The first kappa shape index (κ1) is 28.4. The van der Waals surface area contributed by atoms with Gasteiger partial charge in [0.1, 0.15) is 5.75 Å². The Labute approximate surface area is 231 Å². The maximum atomic E-state index is 14.0. The zero-order chi connectivity index (χ0) is 28.5. The van der Waals surface area contributed by atoms with Crippen molar-refractivity contribution in [2.24, 2.45) is 5.41 Å². The molecule has 0 unspecified atom stereocenters. The average Bonchev–Trinajstić information content (AvgIpc) is 3.40. The summed E-state index contributed by atoms with van der Waals surface area (Å²) in [6.07, 6.45) is 0.119. The summed E-state index contributed by atoms with van der Waals surface area (Å²) in [4.78, 5) is 29.3. The van der Waals surface area contributed by atoms with Crippen LogP contribution in [0.4, 0.5) is 13.2 Å². The molecule has 1 saturated heterocycles. The van der Waals surface area contributed by atoms with Gasteiger partial charge in [-0.1, -0.05) is 12.1 Å². The first-order valence-corrected chi connectivity index (χ1v) is 13.8. The molecule has 0 spiro atoms. The Kier molecular flexibility index (Phi) is 8.10. The van der Waals surface area contributed by atoms with Crippen molar-refractivity contribution >= 4 is 11.9 Å². The van der Waals surface area contributed by atoms with Crippen molar-refractivity contribution in [1.29, 1.82) is 0 Å². The molecule has 2 aromatic rings. The van der Waals surface area contributed by atoms with Gasteiger partial charge in [-0.2, -0.15) is 13.2 Å². The highest BCUT2D eigenvalue weighted by Gasteiger charge is 2.49. The number of carboxylic acids is 1. The average molecular weight is 561 g/mol. The molecule has 0 bridgehead atoms. The molecule has 2 aromatic carbocycles. The van der Waals surface area contributed by atoms with Gasteiger partial charge >= 0.3 is 12.1 Å². The molecule has 0 aromatic heterocycles. The lowest BCUT2D eigenvalue weighted by Crippen LogP contribution is -2.47. The van der Waals surface area contributed by atoms with Crippen molar-refractivity contribution in [3.8, 4) is 5.75 Å². The summed E-state index contributed by atoms with van der Waals surface area (Å²) in [5.41, 5.74) is 0.304. The van der Waals surface area contributed by atoms with E-state index in [-0.39, 0.29) is 25.2 Å². The van der Waals surface area contributed by atoms with E-state index in [0.717, 1.165) is 50.0 Å². The molecule has 1 saturated carbocycles. The number of halogens is 3. The van der Waals surface area contributed by atoms with Crippen LogP contribution in [0.25, 0.3) is 0 Å². The molecular formula is C30H35F3N2O5. The van der Waals surface area contributed by atoms with Gasteiger partial charge in [-0.15, -0.1) is 0 Å². The van der Waals surface area contributed by atoms with Crippen LogP contribution in [0.1, 0.15) is 71.5 Å². The van der Waals surface area contributed by atoms with Crippen molar-refractivity contribution in [2.75, 3.05) is 33.5 Å². The van der Waals surface area contributed by atoms with Gasteiger partial charge in [-0.3, -0.25) is 4.79 Å². The second-order valence-corrected chi connectivity index (χ2v) is 11.3. The van der Waals surface area contributed by atoms with E-state index in [2.05, 4.69) is 4.90 Å². The monoisotopic (exact) mass is 560 g/mol. The molecule has 40 heavy (non-hydrogen) atoms. The molecule has 2 aliphatic heterocycles. The van der Waals surface area contributed by atoms with Crippen LogP contribution >= 0.6 is 0 Å². The van der Waals surface area contributed by atoms with E-state index >= 15 is 0 Å². The van der Waals surface area contributed by atoms with Crippen LogP contribution in [-0.4, -0.2) is 66.4 Å². The van der Waals surface area contributed by atoms with Crippen molar-refractivity contribution in [3.05, 3.63) is 64.7 Å². The number of amides is 1. The fourth-order valence-electron chi connectivity index (χ4n) is 6.64. The van der Waals surface area contributed by atoms with Gasteiger partial charge in [0.2, 0.25) is 5.91 Å². The van der Waals surface area contributed by atoms with Crippen molar-refractivity contribution < 1.29 is 37.3 Å². The van der Waals surface area contributed by atoms with E-state index in [1.54, 1.807) is 30.2 Å². The number of nitrogens with zero attached hydrogens (tertiary/aromatic N) is 2. The molecule has 216 valence electrons. The molecule has 1 N–H and O–H groups in total. The Morgan fingerprint density at radius 3 is 2.60 bits per heavy atom. The lowest BCUT2D eigenvalue weighted by molar-refractivity contribution is -0.148. The summed E-state index contributed by atoms with van der Waals surface area (Å²) in [7, 11) is 1.60. The minimum atomic E-state index is -4.47. The van der Waals surface area contributed by atoms with Crippen molar-refractivity contribution in [2.45, 2.75) is 63.2 Å². The second kappa shape index (κ2) is 11.4. The van der Waals surface area contributed by atoms with Gasteiger partial charge < -0.3 is 24.4 Å². The maximum Gasteiger partial charge on any atom is 0.416 e. The number of likely N-dealkylation sites (tertiary alicyclic amines) is 1. The van der Waals surface area contributed by atoms with E-state index in [1.165, 1.54) is 6.07 Å². The molecule has 1 amide bonds. The van der Waals surface area contributed by atoms with E-state index in [9.17, 15) is 27.9 Å². The Bertz CT molecular complexity index is 1240. The molecule has 2 fully saturated rings. The van der Waals surface area contributed by atoms with Gasteiger partial charge in [-0.25, -0.2) is 4.79 Å². The number of methoxy groups -OCH3 is 1. The molecule has 2 atom stereocenters. The largest absolute Gasteiger partial charge is 0.478 e. The molecule has 5 rings (SSSR count). The molecule has 1 aliphatic carbocycles. The third kappa shape index (κ3) is 5.83. The third-order valence-corrected chi connectivity index (χ3v) is 8.88. The number of rotatable bonds is 7. The first-order chi connectivity index (χ1) is 19.1. The minimum absolute atomic E-state index is 0.0113. The summed E-state index contributed by atoms with van der Waals surface area (Å²) in [5, 5.41) is 9.33. The van der Waals surface area contributed by atoms with Crippen LogP contribution in [0.3, 0.4) is 0 Å². The van der Waals surface area contributed by atoms with Gasteiger partial charge in [-0.05, 0) is 93.4 Å². The number of fused-ring (bicyclic) bond motifs is 1. The smallest absolute Gasteiger partial charge is 0.416 e. The number of hydrogen-bond acceptors (Lipinski definition) is 5. The van der Waals surface area contributed by atoms with E-state index < -0.39 is 23.1 Å². The van der Waals surface area contributed by atoms with Crippen LogP contribution in [0, 0.1) is 5.41 Å². The summed E-state index contributed by atoms with van der Waals surface area (Å²) < 4.78 is 50.9. The highest BCUT2D eigenvalue weighted by atomic mass is 19.4. The number of ether oxygens (including phenoxy) is 2. The third-order valence-electron chi connectivity index (χ3n) is 8.88. The number of alkyl halides is 3. The highest BCUT2D eigenvalue weighted by molar-refractivity contribution is 5.87. The summed E-state index contributed by atoms with van der Waals surface area (Å²) in [5.74, 6) is -0.339. The maximum absolute atomic E-state index is 14.0. The fourth-order valence-corrected chi connectivity index (χ4v) is 6.64. The lowest BCUT2D eigenvalue weighted by atomic mass is 9.80.